The third kappa shape index (κ3) is 1.18. The molecule has 0 unspecified atom stereocenters. The summed E-state index contributed by atoms with van der Waals surface area (Å²) in [5.41, 5.74) is 2.38. The molecule has 0 aromatic carbocycles. The fourth-order valence-electron chi connectivity index (χ4n) is 1.95. The van der Waals surface area contributed by atoms with E-state index in [1.807, 2.05) is 30.4 Å². The molecule has 0 saturated heterocycles. The molecule has 0 N–H and O–H groups in total. The van der Waals surface area contributed by atoms with Crippen LogP contribution in [0.4, 0.5) is 11.6 Å². The van der Waals surface area contributed by atoms with Crippen molar-refractivity contribution in [2.75, 3.05) is 11.9 Å². The van der Waals surface area contributed by atoms with Crippen LogP contribution in [0.25, 0.3) is 0 Å². The second kappa shape index (κ2) is 3.02. The van der Waals surface area contributed by atoms with Crippen LogP contribution in [0.1, 0.15) is 11.1 Å². The third-order valence-corrected chi connectivity index (χ3v) is 2.65. The Labute approximate surface area is 87.6 Å². The van der Waals surface area contributed by atoms with E-state index in [9.17, 15) is 0 Å². The number of anilines is 2. The summed E-state index contributed by atoms with van der Waals surface area (Å²) in [4.78, 5) is 14.7. The number of hydrogen-bond donors (Lipinski definition) is 0. The van der Waals surface area contributed by atoms with Gasteiger partial charge in [0.15, 0.2) is 0 Å². The van der Waals surface area contributed by atoms with Crippen LogP contribution < -0.4 is 4.90 Å². The van der Waals surface area contributed by atoms with Gasteiger partial charge in [0.05, 0.1) is 0 Å². The van der Waals surface area contributed by atoms with Crippen molar-refractivity contribution >= 4 is 11.6 Å². The van der Waals surface area contributed by atoms with E-state index in [1.54, 1.807) is 6.33 Å². The van der Waals surface area contributed by atoms with Crippen molar-refractivity contribution in [3.63, 3.8) is 0 Å². The SMILES string of the molecule is CN1c2ncccc2Cc2cncnc21. The Bertz CT molecular complexity index is 464. The topological polar surface area (TPSA) is 41.9 Å². The van der Waals surface area contributed by atoms with Crippen LogP contribution in [0.5, 0.6) is 0 Å². The van der Waals surface area contributed by atoms with Crippen LogP contribution >= 0.6 is 0 Å². The molecule has 1 aliphatic heterocycles. The van der Waals surface area contributed by atoms with Crippen LogP contribution in [0, 0.1) is 0 Å². The molecule has 0 spiro atoms. The summed E-state index contributed by atoms with van der Waals surface area (Å²) >= 11 is 0. The van der Waals surface area contributed by atoms with E-state index in [2.05, 4.69) is 21.0 Å². The van der Waals surface area contributed by atoms with Gasteiger partial charge in [0.2, 0.25) is 0 Å². The van der Waals surface area contributed by atoms with Crippen molar-refractivity contribution in [2.45, 2.75) is 6.42 Å². The van der Waals surface area contributed by atoms with Gasteiger partial charge < -0.3 is 4.90 Å². The standard InChI is InChI=1S/C11H10N4/c1-15-10-8(3-2-4-13-10)5-9-6-12-7-14-11(9)15/h2-4,6-7H,5H2,1H3. The molecule has 3 heterocycles. The van der Waals surface area contributed by atoms with Crippen molar-refractivity contribution < 1.29 is 0 Å². The van der Waals surface area contributed by atoms with Crippen LogP contribution in [-0.2, 0) is 6.42 Å². The molecule has 0 saturated carbocycles. The molecule has 0 amide bonds. The highest BCUT2D eigenvalue weighted by Crippen LogP contribution is 2.33. The largest absolute Gasteiger partial charge is 0.314 e. The average molecular weight is 198 g/mol. The number of fused-ring (bicyclic) bond motifs is 2. The van der Waals surface area contributed by atoms with Gasteiger partial charge in [0, 0.05) is 31.4 Å². The van der Waals surface area contributed by atoms with Gasteiger partial charge in [-0.25, -0.2) is 15.0 Å². The Morgan fingerprint density at radius 3 is 3.00 bits per heavy atom. The van der Waals surface area contributed by atoms with Crippen molar-refractivity contribution in [3.05, 3.63) is 42.0 Å². The fourth-order valence-corrected chi connectivity index (χ4v) is 1.95. The zero-order valence-electron chi connectivity index (χ0n) is 8.38. The summed E-state index contributed by atoms with van der Waals surface area (Å²) in [6, 6.07) is 4.05. The summed E-state index contributed by atoms with van der Waals surface area (Å²) in [5, 5.41) is 0. The molecule has 1 aliphatic rings. The van der Waals surface area contributed by atoms with E-state index in [4.69, 9.17) is 0 Å². The summed E-state index contributed by atoms with van der Waals surface area (Å²) in [6.07, 6.45) is 6.11. The van der Waals surface area contributed by atoms with E-state index >= 15 is 0 Å². The van der Waals surface area contributed by atoms with Crippen molar-refractivity contribution in [2.24, 2.45) is 0 Å². The minimum atomic E-state index is 0.865. The minimum Gasteiger partial charge on any atom is -0.314 e. The maximum Gasteiger partial charge on any atom is 0.140 e. The van der Waals surface area contributed by atoms with E-state index in [-0.39, 0.29) is 0 Å². The molecule has 74 valence electrons. The monoisotopic (exact) mass is 198 g/mol. The number of aromatic nitrogens is 3. The third-order valence-electron chi connectivity index (χ3n) is 2.65. The lowest BCUT2D eigenvalue weighted by molar-refractivity contribution is 0.946. The first kappa shape index (κ1) is 8.35. The van der Waals surface area contributed by atoms with Gasteiger partial charge in [-0.05, 0) is 11.6 Å². The first-order valence-electron chi connectivity index (χ1n) is 4.83. The Morgan fingerprint density at radius 1 is 1.20 bits per heavy atom. The van der Waals surface area contributed by atoms with Crippen molar-refractivity contribution in [3.8, 4) is 0 Å². The minimum absolute atomic E-state index is 0.865. The molecule has 0 radical (unpaired) electrons. The quantitative estimate of drug-likeness (QED) is 0.644. The molecular formula is C11H10N4. The molecule has 15 heavy (non-hydrogen) atoms. The smallest absolute Gasteiger partial charge is 0.140 e. The molecule has 3 rings (SSSR count). The molecule has 0 aliphatic carbocycles. The van der Waals surface area contributed by atoms with Crippen molar-refractivity contribution in [1.29, 1.82) is 0 Å². The second-order valence-electron chi connectivity index (χ2n) is 3.59. The summed E-state index contributed by atoms with van der Waals surface area (Å²) in [6.45, 7) is 0. The van der Waals surface area contributed by atoms with E-state index in [1.165, 1.54) is 5.56 Å². The van der Waals surface area contributed by atoms with Gasteiger partial charge in [-0.15, -0.1) is 0 Å². The fraction of sp³-hybridized carbons (Fsp3) is 0.182. The number of pyridine rings is 1. The lowest BCUT2D eigenvalue weighted by Gasteiger charge is -2.26. The van der Waals surface area contributed by atoms with E-state index in [0.29, 0.717) is 0 Å². The molecule has 2 aromatic heterocycles. The van der Waals surface area contributed by atoms with Gasteiger partial charge in [0.25, 0.3) is 0 Å². The lowest BCUT2D eigenvalue weighted by Crippen LogP contribution is -2.21. The summed E-state index contributed by atoms with van der Waals surface area (Å²) in [5.74, 6) is 1.94. The normalized spacial score (nSPS) is 13.3. The predicted molar refractivity (Wildman–Crippen MR) is 57.1 cm³/mol. The maximum absolute atomic E-state index is 4.36. The molecule has 0 fully saturated rings. The van der Waals surface area contributed by atoms with E-state index in [0.717, 1.165) is 23.6 Å². The Hall–Kier alpha value is -1.97. The molecule has 0 atom stereocenters. The predicted octanol–water partition coefficient (Wildman–Crippen LogP) is 1.54. The highest BCUT2D eigenvalue weighted by molar-refractivity contribution is 5.66. The van der Waals surface area contributed by atoms with Gasteiger partial charge in [0.1, 0.15) is 18.0 Å². The lowest BCUT2D eigenvalue weighted by atomic mass is 10.0. The average Bonchev–Trinajstić information content (AvgIpc) is 2.30. The Kier molecular flexibility index (Phi) is 1.68. The Balaban J connectivity index is 2.20. The summed E-state index contributed by atoms with van der Waals surface area (Å²) < 4.78 is 0. The molecule has 4 nitrogen and oxygen atoms in total. The molecule has 4 heteroatoms. The molecule has 0 bridgehead atoms. The summed E-state index contributed by atoms with van der Waals surface area (Å²) in [7, 11) is 1.98. The number of rotatable bonds is 0. The second-order valence-corrected chi connectivity index (χ2v) is 3.59. The number of hydrogen-bond acceptors (Lipinski definition) is 4. The van der Waals surface area contributed by atoms with Crippen LogP contribution in [0.2, 0.25) is 0 Å². The first-order chi connectivity index (χ1) is 7.36. The molecule has 2 aromatic rings. The van der Waals surface area contributed by atoms with E-state index < -0.39 is 0 Å². The van der Waals surface area contributed by atoms with Gasteiger partial charge in [-0.2, -0.15) is 0 Å². The zero-order chi connectivity index (χ0) is 10.3. The van der Waals surface area contributed by atoms with Gasteiger partial charge >= 0.3 is 0 Å². The number of nitrogens with zero attached hydrogens (tertiary/aromatic N) is 4. The Morgan fingerprint density at radius 2 is 2.07 bits per heavy atom. The van der Waals surface area contributed by atoms with Crippen LogP contribution in [0.3, 0.4) is 0 Å². The zero-order valence-corrected chi connectivity index (χ0v) is 8.38. The van der Waals surface area contributed by atoms with Gasteiger partial charge in [-0.3, -0.25) is 0 Å². The first-order valence-corrected chi connectivity index (χ1v) is 4.83. The van der Waals surface area contributed by atoms with Crippen LogP contribution in [0.15, 0.2) is 30.9 Å². The highest BCUT2D eigenvalue weighted by Gasteiger charge is 2.21. The van der Waals surface area contributed by atoms with Crippen LogP contribution in [-0.4, -0.2) is 22.0 Å². The molecular weight excluding hydrogens is 188 g/mol. The highest BCUT2D eigenvalue weighted by atomic mass is 15.2. The van der Waals surface area contributed by atoms with Gasteiger partial charge in [-0.1, -0.05) is 6.07 Å². The maximum atomic E-state index is 4.36. The van der Waals surface area contributed by atoms with Crippen molar-refractivity contribution in [1.82, 2.24) is 15.0 Å².